The van der Waals surface area contributed by atoms with E-state index in [1.807, 2.05) is 18.9 Å². The van der Waals surface area contributed by atoms with Gasteiger partial charge in [0.25, 0.3) is 0 Å². The zero-order valence-electron chi connectivity index (χ0n) is 16.9. The molecule has 0 radical (unpaired) electrons. The average molecular weight is 372 g/mol. The molecule has 0 aromatic carbocycles. The van der Waals surface area contributed by atoms with Crippen LogP contribution in [0.15, 0.2) is 0 Å². The van der Waals surface area contributed by atoms with Crippen LogP contribution < -0.4 is 0 Å². The number of nitrogens with zero attached hydrogens (tertiary/aromatic N) is 3. The van der Waals surface area contributed by atoms with E-state index in [0.29, 0.717) is 0 Å². The third-order valence-corrected chi connectivity index (χ3v) is 6.73. The Hall–Kier alpha value is 0.190. The Morgan fingerprint density at radius 1 is 1.12 bits per heavy atom. The predicted octanol–water partition coefficient (Wildman–Crippen LogP) is 2.88. The molecule has 0 spiro atoms. The standard InChI is InChI=1S/C20H41N3OS/c1-4-23-11-5-7-20(23)18-22(10-6-16-25-3)17-19-8-12-21(13-9-19)14-15-24-2/h19-20H,4-18H2,1-3H3. The molecule has 2 heterocycles. The molecule has 0 aromatic rings. The molecule has 2 fully saturated rings. The third kappa shape index (κ3) is 7.76. The molecular formula is C20H41N3OS. The first kappa shape index (κ1) is 21.5. The van der Waals surface area contributed by atoms with Gasteiger partial charge in [-0.15, -0.1) is 0 Å². The summed E-state index contributed by atoms with van der Waals surface area (Å²) < 4.78 is 5.23. The molecule has 1 atom stereocenters. The Kier molecular flexibility index (Phi) is 10.8. The largest absolute Gasteiger partial charge is 0.383 e. The molecule has 2 rings (SSSR count). The topological polar surface area (TPSA) is 19.0 Å². The summed E-state index contributed by atoms with van der Waals surface area (Å²) in [6, 6.07) is 0.807. The van der Waals surface area contributed by atoms with E-state index >= 15 is 0 Å². The second-order valence-corrected chi connectivity index (χ2v) is 8.79. The van der Waals surface area contributed by atoms with Crippen LogP contribution in [-0.2, 0) is 4.74 Å². The number of ether oxygens (including phenoxy) is 1. The summed E-state index contributed by atoms with van der Waals surface area (Å²) >= 11 is 1.99. The Labute approximate surface area is 160 Å². The average Bonchev–Trinajstić information content (AvgIpc) is 3.08. The monoisotopic (exact) mass is 371 g/mol. The minimum atomic E-state index is 0.807. The van der Waals surface area contributed by atoms with Crippen LogP contribution in [-0.4, -0.2) is 98.8 Å². The Morgan fingerprint density at radius 2 is 1.92 bits per heavy atom. The quantitative estimate of drug-likeness (QED) is 0.490. The van der Waals surface area contributed by atoms with Crippen LogP contribution in [0.4, 0.5) is 0 Å². The van der Waals surface area contributed by atoms with Gasteiger partial charge in [-0.1, -0.05) is 6.92 Å². The highest BCUT2D eigenvalue weighted by Crippen LogP contribution is 2.22. The smallest absolute Gasteiger partial charge is 0.0589 e. The third-order valence-electron chi connectivity index (χ3n) is 6.03. The highest BCUT2D eigenvalue weighted by molar-refractivity contribution is 7.98. The van der Waals surface area contributed by atoms with Gasteiger partial charge in [-0.25, -0.2) is 0 Å². The minimum Gasteiger partial charge on any atom is -0.383 e. The highest BCUT2D eigenvalue weighted by atomic mass is 32.2. The Morgan fingerprint density at radius 3 is 2.60 bits per heavy atom. The molecule has 0 aromatic heterocycles. The van der Waals surface area contributed by atoms with Crippen molar-refractivity contribution in [1.29, 1.82) is 0 Å². The normalized spacial score (nSPS) is 23.8. The fourth-order valence-electron chi connectivity index (χ4n) is 4.48. The Balaban J connectivity index is 1.77. The number of methoxy groups -OCH3 is 1. The van der Waals surface area contributed by atoms with Crippen LogP contribution in [0.3, 0.4) is 0 Å². The number of likely N-dealkylation sites (tertiary alicyclic amines) is 2. The first-order chi connectivity index (χ1) is 12.3. The van der Waals surface area contributed by atoms with Gasteiger partial charge in [0.2, 0.25) is 0 Å². The van der Waals surface area contributed by atoms with Crippen molar-refractivity contribution < 1.29 is 4.74 Å². The van der Waals surface area contributed by atoms with Crippen molar-refractivity contribution in [2.24, 2.45) is 5.92 Å². The summed E-state index contributed by atoms with van der Waals surface area (Å²) in [6.45, 7) is 13.3. The van der Waals surface area contributed by atoms with E-state index in [1.54, 1.807) is 0 Å². The van der Waals surface area contributed by atoms with Crippen molar-refractivity contribution in [3.05, 3.63) is 0 Å². The molecule has 0 bridgehead atoms. The molecule has 2 saturated heterocycles. The van der Waals surface area contributed by atoms with Crippen LogP contribution in [0, 0.1) is 5.92 Å². The van der Waals surface area contributed by atoms with Crippen LogP contribution in [0.25, 0.3) is 0 Å². The summed E-state index contributed by atoms with van der Waals surface area (Å²) in [4.78, 5) is 8.09. The van der Waals surface area contributed by atoms with Crippen LogP contribution >= 0.6 is 11.8 Å². The summed E-state index contributed by atoms with van der Waals surface area (Å²) in [5.41, 5.74) is 0. The lowest BCUT2D eigenvalue weighted by molar-refractivity contribution is 0.0988. The van der Waals surface area contributed by atoms with Gasteiger partial charge in [-0.05, 0) is 82.8 Å². The maximum atomic E-state index is 5.23. The lowest BCUT2D eigenvalue weighted by Gasteiger charge is -2.36. The molecule has 0 N–H and O–H groups in total. The van der Waals surface area contributed by atoms with Crippen molar-refractivity contribution in [3.63, 3.8) is 0 Å². The molecule has 5 heteroatoms. The van der Waals surface area contributed by atoms with Crippen molar-refractivity contribution in [1.82, 2.24) is 14.7 Å². The number of likely N-dealkylation sites (N-methyl/N-ethyl adjacent to an activating group) is 1. The summed E-state index contributed by atoms with van der Waals surface area (Å²) in [6.07, 6.45) is 9.11. The van der Waals surface area contributed by atoms with Gasteiger partial charge >= 0.3 is 0 Å². The highest BCUT2D eigenvalue weighted by Gasteiger charge is 2.27. The zero-order valence-corrected chi connectivity index (χ0v) is 17.7. The molecule has 0 aliphatic carbocycles. The van der Waals surface area contributed by atoms with Crippen LogP contribution in [0.5, 0.6) is 0 Å². The molecule has 0 amide bonds. The predicted molar refractivity (Wildman–Crippen MR) is 111 cm³/mol. The molecule has 4 nitrogen and oxygen atoms in total. The molecule has 25 heavy (non-hydrogen) atoms. The van der Waals surface area contributed by atoms with Crippen LogP contribution in [0.1, 0.15) is 39.0 Å². The summed E-state index contributed by atoms with van der Waals surface area (Å²) in [5, 5.41) is 0. The first-order valence-electron chi connectivity index (χ1n) is 10.4. The number of thioether (sulfide) groups is 1. The van der Waals surface area contributed by atoms with E-state index in [-0.39, 0.29) is 0 Å². The van der Waals surface area contributed by atoms with Gasteiger partial charge in [0.1, 0.15) is 0 Å². The molecule has 1 unspecified atom stereocenters. The first-order valence-corrected chi connectivity index (χ1v) is 11.8. The molecule has 2 aliphatic rings. The van der Waals surface area contributed by atoms with Gasteiger partial charge in [-0.3, -0.25) is 4.90 Å². The number of rotatable bonds is 12. The van der Waals surface area contributed by atoms with Gasteiger partial charge in [0, 0.05) is 32.8 Å². The SMILES string of the molecule is CCN1CCCC1CN(CCCSC)CC1CCN(CCOC)CC1. The fourth-order valence-corrected chi connectivity index (χ4v) is 4.90. The Bertz CT molecular complexity index is 337. The van der Waals surface area contributed by atoms with Crippen molar-refractivity contribution in [2.45, 2.75) is 45.1 Å². The number of hydrogen-bond donors (Lipinski definition) is 0. The van der Waals surface area contributed by atoms with Crippen molar-refractivity contribution in [3.8, 4) is 0 Å². The van der Waals surface area contributed by atoms with E-state index in [9.17, 15) is 0 Å². The van der Waals surface area contributed by atoms with E-state index < -0.39 is 0 Å². The summed E-state index contributed by atoms with van der Waals surface area (Å²) in [7, 11) is 1.81. The van der Waals surface area contributed by atoms with Gasteiger partial charge in [0.05, 0.1) is 6.61 Å². The van der Waals surface area contributed by atoms with Crippen molar-refractivity contribution >= 4 is 11.8 Å². The second-order valence-electron chi connectivity index (χ2n) is 7.81. The van der Waals surface area contributed by atoms with Gasteiger partial charge in [0.15, 0.2) is 0 Å². The fraction of sp³-hybridized carbons (Fsp3) is 1.00. The lowest BCUT2D eigenvalue weighted by atomic mass is 9.95. The maximum Gasteiger partial charge on any atom is 0.0589 e. The minimum absolute atomic E-state index is 0.807. The lowest BCUT2D eigenvalue weighted by Crippen LogP contribution is -2.44. The number of hydrogen-bond acceptors (Lipinski definition) is 5. The zero-order chi connectivity index (χ0) is 17.9. The molecule has 2 aliphatic heterocycles. The van der Waals surface area contributed by atoms with Crippen LogP contribution in [0.2, 0.25) is 0 Å². The van der Waals surface area contributed by atoms with E-state index in [4.69, 9.17) is 4.74 Å². The van der Waals surface area contributed by atoms with Crippen molar-refractivity contribution in [2.75, 3.05) is 78.1 Å². The summed E-state index contributed by atoms with van der Waals surface area (Å²) in [5.74, 6) is 2.19. The van der Waals surface area contributed by atoms with E-state index in [2.05, 4.69) is 27.9 Å². The van der Waals surface area contributed by atoms with Gasteiger partial charge in [-0.2, -0.15) is 11.8 Å². The molecular weight excluding hydrogens is 330 g/mol. The molecule has 0 saturated carbocycles. The van der Waals surface area contributed by atoms with E-state index in [0.717, 1.165) is 25.1 Å². The second kappa shape index (κ2) is 12.6. The molecule has 148 valence electrons. The van der Waals surface area contributed by atoms with E-state index in [1.165, 1.54) is 83.7 Å². The number of piperidine rings is 1. The van der Waals surface area contributed by atoms with Gasteiger partial charge < -0.3 is 14.5 Å². The maximum absolute atomic E-state index is 5.23.